The Hall–Kier alpha value is -1.07. The Balaban J connectivity index is 2.36. The van der Waals surface area contributed by atoms with Crippen molar-refractivity contribution in [2.24, 2.45) is 0 Å². The van der Waals surface area contributed by atoms with Gasteiger partial charge in [-0.25, -0.2) is 4.98 Å². The minimum Gasteiger partial charge on any atom is -0.353 e. The van der Waals surface area contributed by atoms with Crippen LogP contribution >= 0.6 is 23.2 Å². The molecular formula is C10H12Cl2N4O. The molecule has 1 aliphatic heterocycles. The zero-order valence-electron chi connectivity index (χ0n) is 9.28. The van der Waals surface area contributed by atoms with Crippen molar-refractivity contribution in [2.75, 3.05) is 18.0 Å². The number of amides is 1. The van der Waals surface area contributed by atoms with Crippen LogP contribution in [0.2, 0.25) is 10.3 Å². The Morgan fingerprint density at radius 1 is 1.59 bits per heavy atom. The second-order valence-corrected chi connectivity index (χ2v) is 4.46. The predicted molar refractivity (Wildman–Crippen MR) is 66.5 cm³/mol. The number of nitrogens with one attached hydrogen (secondary N) is 1. The smallest absolute Gasteiger partial charge is 0.242 e. The van der Waals surface area contributed by atoms with E-state index in [1.165, 1.54) is 6.20 Å². The van der Waals surface area contributed by atoms with E-state index >= 15 is 0 Å². The van der Waals surface area contributed by atoms with E-state index in [-0.39, 0.29) is 17.2 Å². The van der Waals surface area contributed by atoms with Gasteiger partial charge in [-0.15, -0.1) is 0 Å². The molecule has 7 heteroatoms. The van der Waals surface area contributed by atoms with E-state index in [4.69, 9.17) is 23.2 Å². The summed E-state index contributed by atoms with van der Waals surface area (Å²) in [5, 5.41) is 3.35. The van der Waals surface area contributed by atoms with Gasteiger partial charge in [0, 0.05) is 13.1 Å². The number of carbonyl (C=O) groups excluding carboxylic acids is 1. The molecule has 1 aromatic heterocycles. The molecule has 2 rings (SSSR count). The molecule has 92 valence electrons. The van der Waals surface area contributed by atoms with Gasteiger partial charge in [0.05, 0.1) is 6.20 Å². The highest BCUT2D eigenvalue weighted by Crippen LogP contribution is 2.27. The largest absolute Gasteiger partial charge is 0.353 e. The number of halogens is 2. The lowest BCUT2D eigenvalue weighted by atomic mass is 10.1. The van der Waals surface area contributed by atoms with Gasteiger partial charge < -0.3 is 10.2 Å². The van der Waals surface area contributed by atoms with Crippen LogP contribution in [0.15, 0.2) is 6.20 Å². The van der Waals surface area contributed by atoms with Gasteiger partial charge in [0.1, 0.15) is 11.1 Å². The van der Waals surface area contributed by atoms with Gasteiger partial charge in [0.25, 0.3) is 0 Å². The van der Waals surface area contributed by atoms with E-state index in [9.17, 15) is 4.79 Å². The molecule has 1 atom stereocenters. The molecule has 17 heavy (non-hydrogen) atoms. The van der Waals surface area contributed by atoms with Crippen LogP contribution in [0.1, 0.15) is 13.3 Å². The zero-order valence-corrected chi connectivity index (χ0v) is 10.8. The molecule has 0 spiro atoms. The van der Waals surface area contributed by atoms with Crippen molar-refractivity contribution in [1.82, 2.24) is 15.3 Å². The lowest BCUT2D eigenvalue weighted by Crippen LogP contribution is -2.55. The molecule has 1 N–H and O–H groups in total. The number of hydrogen-bond donors (Lipinski definition) is 1. The van der Waals surface area contributed by atoms with Crippen LogP contribution in [0, 0.1) is 0 Å². The molecule has 0 aromatic carbocycles. The summed E-state index contributed by atoms with van der Waals surface area (Å²) >= 11 is 11.8. The number of anilines is 1. The summed E-state index contributed by atoms with van der Waals surface area (Å²) in [6.45, 7) is 3.18. The molecule has 1 unspecified atom stereocenters. The van der Waals surface area contributed by atoms with Crippen LogP contribution in [-0.4, -0.2) is 35.0 Å². The zero-order chi connectivity index (χ0) is 12.4. The number of carbonyl (C=O) groups is 1. The summed E-state index contributed by atoms with van der Waals surface area (Å²) in [5.41, 5.74) is 0. The van der Waals surface area contributed by atoms with E-state index in [0.717, 1.165) is 0 Å². The average molecular weight is 275 g/mol. The van der Waals surface area contributed by atoms with Crippen molar-refractivity contribution in [3.8, 4) is 0 Å². The highest BCUT2D eigenvalue weighted by Gasteiger charge is 2.30. The highest BCUT2D eigenvalue weighted by molar-refractivity contribution is 6.33. The van der Waals surface area contributed by atoms with Gasteiger partial charge in [-0.3, -0.25) is 4.79 Å². The van der Waals surface area contributed by atoms with Crippen molar-refractivity contribution in [2.45, 2.75) is 19.4 Å². The Morgan fingerprint density at radius 2 is 2.35 bits per heavy atom. The molecule has 5 nitrogen and oxygen atoms in total. The third-order valence-electron chi connectivity index (χ3n) is 2.69. The Bertz CT molecular complexity index is 440. The first-order chi connectivity index (χ1) is 8.13. The Kier molecular flexibility index (Phi) is 3.69. The van der Waals surface area contributed by atoms with Crippen LogP contribution < -0.4 is 10.2 Å². The van der Waals surface area contributed by atoms with E-state index < -0.39 is 0 Å². The second-order valence-electron chi connectivity index (χ2n) is 3.72. The fraction of sp³-hybridized carbons (Fsp3) is 0.500. The van der Waals surface area contributed by atoms with Crippen molar-refractivity contribution in [1.29, 1.82) is 0 Å². The molecule has 2 heterocycles. The number of piperazine rings is 1. The molecule has 1 saturated heterocycles. The number of rotatable bonds is 2. The van der Waals surface area contributed by atoms with Crippen molar-refractivity contribution < 1.29 is 4.79 Å². The lowest BCUT2D eigenvalue weighted by Gasteiger charge is -2.35. The lowest BCUT2D eigenvalue weighted by molar-refractivity contribution is -0.123. The minimum atomic E-state index is -0.257. The molecule has 0 radical (unpaired) electrons. The topological polar surface area (TPSA) is 58.1 Å². The quantitative estimate of drug-likeness (QED) is 0.831. The first-order valence-electron chi connectivity index (χ1n) is 5.36. The summed E-state index contributed by atoms with van der Waals surface area (Å²) in [5.74, 6) is 0.512. The van der Waals surface area contributed by atoms with Crippen LogP contribution in [0.25, 0.3) is 0 Å². The van der Waals surface area contributed by atoms with Crippen molar-refractivity contribution >= 4 is 34.9 Å². The van der Waals surface area contributed by atoms with Crippen LogP contribution in [0.4, 0.5) is 5.82 Å². The first-order valence-corrected chi connectivity index (χ1v) is 6.11. The number of aromatic nitrogens is 2. The molecule has 1 amide bonds. The van der Waals surface area contributed by atoms with E-state index in [1.807, 2.05) is 11.8 Å². The summed E-state index contributed by atoms with van der Waals surface area (Å²) in [4.78, 5) is 21.5. The minimum absolute atomic E-state index is 0.00967. The number of nitrogens with zero attached hydrogens (tertiary/aromatic N) is 3. The van der Waals surface area contributed by atoms with Crippen molar-refractivity contribution in [3.05, 3.63) is 16.5 Å². The average Bonchev–Trinajstić information content (AvgIpc) is 2.32. The molecule has 1 fully saturated rings. The standard InChI is InChI=1S/C10H12Cl2N4O/c1-2-7-9(17)13-3-4-16(7)8-6(11)5-14-10(12)15-8/h5,7H,2-4H2,1H3,(H,13,17). The van der Waals surface area contributed by atoms with E-state index in [2.05, 4.69) is 15.3 Å². The van der Waals surface area contributed by atoms with Crippen LogP contribution in [0.3, 0.4) is 0 Å². The summed E-state index contributed by atoms with van der Waals surface area (Å²) in [6.07, 6.45) is 2.13. The van der Waals surface area contributed by atoms with Gasteiger partial charge in [-0.2, -0.15) is 4.98 Å². The van der Waals surface area contributed by atoms with Gasteiger partial charge in [0.2, 0.25) is 11.2 Å². The first kappa shape index (κ1) is 12.4. The Morgan fingerprint density at radius 3 is 3.06 bits per heavy atom. The second kappa shape index (κ2) is 5.06. The van der Waals surface area contributed by atoms with Gasteiger partial charge in [-0.1, -0.05) is 18.5 Å². The molecule has 0 saturated carbocycles. The van der Waals surface area contributed by atoms with Crippen molar-refractivity contribution in [3.63, 3.8) is 0 Å². The summed E-state index contributed by atoms with van der Waals surface area (Å²) < 4.78 is 0. The Labute approximate surface area is 109 Å². The summed E-state index contributed by atoms with van der Waals surface area (Å²) in [6, 6.07) is -0.257. The fourth-order valence-corrected chi connectivity index (χ4v) is 2.24. The maximum atomic E-state index is 11.7. The van der Waals surface area contributed by atoms with Crippen LogP contribution in [0.5, 0.6) is 0 Å². The summed E-state index contributed by atoms with van der Waals surface area (Å²) in [7, 11) is 0. The van der Waals surface area contributed by atoms with Gasteiger partial charge in [-0.05, 0) is 18.0 Å². The van der Waals surface area contributed by atoms with Gasteiger partial charge >= 0.3 is 0 Å². The third-order valence-corrected chi connectivity index (χ3v) is 3.13. The molecular weight excluding hydrogens is 263 g/mol. The number of hydrogen-bond acceptors (Lipinski definition) is 4. The maximum Gasteiger partial charge on any atom is 0.242 e. The monoisotopic (exact) mass is 274 g/mol. The van der Waals surface area contributed by atoms with E-state index in [0.29, 0.717) is 30.4 Å². The van der Waals surface area contributed by atoms with E-state index in [1.54, 1.807) is 0 Å². The normalized spacial score (nSPS) is 20.3. The predicted octanol–water partition coefficient (Wildman–Crippen LogP) is 1.50. The molecule has 0 bridgehead atoms. The van der Waals surface area contributed by atoms with Gasteiger partial charge in [0.15, 0.2) is 5.82 Å². The molecule has 0 aliphatic carbocycles. The highest BCUT2D eigenvalue weighted by atomic mass is 35.5. The maximum absolute atomic E-state index is 11.7. The SMILES string of the molecule is CCC1C(=O)NCCN1c1nc(Cl)ncc1Cl. The van der Waals surface area contributed by atoms with Crippen LogP contribution in [-0.2, 0) is 4.79 Å². The molecule has 1 aromatic rings. The molecule has 1 aliphatic rings. The third kappa shape index (κ3) is 2.45. The fourth-order valence-electron chi connectivity index (χ4n) is 1.91.